The van der Waals surface area contributed by atoms with Crippen LogP contribution in [0.5, 0.6) is 0 Å². The molecule has 0 aromatic carbocycles. The largest absolute Gasteiger partial charge is 0.378 e. The van der Waals surface area contributed by atoms with E-state index in [1.54, 1.807) is 0 Å². The van der Waals surface area contributed by atoms with Gasteiger partial charge in [-0.25, -0.2) is 0 Å². The minimum Gasteiger partial charge on any atom is -0.378 e. The highest BCUT2D eigenvalue weighted by Gasteiger charge is 2.09. The Balaban J connectivity index is 1.55. The van der Waals surface area contributed by atoms with Crippen LogP contribution in [-0.2, 0) is 20.8 Å². The van der Waals surface area contributed by atoms with E-state index < -0.39 is 0 Å². The van der Waals surface area contributed by atoms with Crippen molar-refractivity contribution in [1.82, 2.24) is 14.9 Å². The highest BCUT2D eigenvalue weighted by Crippen LogP contribution is 2.18. The van der Waals surface area contributed by atoms with E-state index in [0.717, 1.165) is 67.2 Å². The molecule has 2 aromatic rings. The quantitative estimate of drug-likeness (QED) is 0.662. The molecule has 32 heavy (non-hydrogen) atoms. The van der Waals surface area contributed by atoms with E-state index in [9.17, 15) is 0 Å². The van der Waals surface area contributed by atoms with Gasteiger partial charge in [-0.05, 0) is 42.3 Å². The maximum absolute atomic E-state index is 5.65. The van der Waals surface area contributed by atoms with Crippen molar-refractivity contribution in [2.45, 2.75) is 13.5 Å². The molecule has 0 N–H and O–H groups in total. The van der Waals surface area contributed by atoms with Gasteiger partial charge in [0.25, 0.3) is 0 Å². The van der Waals surface area contributed by atoms with Crippen LogP contribution in [0.25, 0.3) is 11.4 Å². The first kappa shape index (κ1) is 25.5. The molecule has 2 aromatic heterocycles. The van der Waals surface area contributed by atoms with Crippen LogP contribution in [0.1, 0.15) is 11.1 Å². The lowest BCUT2D eigenvalue weighted by atomic mass is 10.1. The standard InChI is InChI=1S/C24H35N3O3S2/c1-21-2-4-25-23(18-21)24-19-22(3-5-26-24)20-27-6-14-31-16-12-29-10-8-28-9-11-30-13-17-32-15-7-27/h2-5,18-19H,6-17,20H2,1H3. The number of ether oxygens (including phenoxy) is 3. The number of rotatable bonds is 3. The van der Waals surface area contributed by atoms with Gasteiger partial charge in [-0.15, -0.1) is 0 Å². The van der Waals surface area contributed by atoms with Crippen molar-refractivity contribution in [1.29, 1.82) is 0 Å². The summed E-state index contributed by atoms with van der Waals surface area (Å²) in [6.45, 7) is 9.27. The van der Waals surface area contributed by atoms with Crippen molar-refractivity contribution >= 4 is 23.5 Å². The molecule has 0 saturated carbocycles. The first-order valence-electron chi connectivity index (χ1n) is 11.3. The van der Waals surface area contributed by atoms with Gasteiger partial charge in [0.05, 0.1) is 51.0 Å². The summed E-state index contributed by atoms with van der Waals surface area (Å²) in [5.41, 5.74) is 4.35. The third-order valence-corrected chi connectivity index (χ3v) is 6.85. The number of aromatic nitrogens is 2. The van der Waals surface area contributed by atoms with Crippen LogP contribution in [0.3, 0.4) is 0 Å². The van der Waals surface area contributed by atoms with Gasteiger partial charge in [0, 0.05) is 55.0 Å². The second-order valence-electron chi connectivity index (χ2n) is 7.61. The van der Waals surface area contributed by atoms with E-state index in [1.807, 2.05) is 42.0 Å². The number of aryl methyl sites for hydroxylation is 1. The van der Waals surface area contributed by atoms with Crippen molar-refractivity contribution in [3.63, 3.8) is 0 Å². The Morgan fingerprint density at radius 3 is 1.94 bits per heavy atom. The van der Waals surface area contributed by atoms with Crippen molar-refractivity contribution in [3.05, 3.63) is 47.8 Å². The Morgan fingerprint density at radius 2 is 1.31 bits per heavy atom. The smallest absolute Gasteiger partial charge is 0.0889 e. The summed E-state index contributed by atoms with van der Waals surface area (Å²) in [5, 5.41) is 0. The fourth-order valence-corrected chi connectivity index (χ4v) is 4.94. The monoisotopic (exact) mass is 477 g/mol. The van der Waals surface area contributed by atoms with E-state index >= 15 is 0 Å². The van der Waals surface area contributed by atoms with Gasteiger partial charge in [0.1, 0.15) is 0 Å². The number of hydrogen-bond acceptors (Lipinski definition) is 8. The summed E-state index contributed by atoms with van der Waals surface area (Å²) in [7, 11) is 0. The minimum atomic E-state index is 0.641. The van der Waals surface area contributed by atoms with Gasteiger partial charge in [-0.2, -0.15) is 23.5 Å². The fourth-order valence-electron chi connectivity index (χ4n) is 3.29. The molecule has 1 aliphatic rings. The maximum Gasteiger partial charge on any atom is 0.0889 e. The molecular weight excluding hydrogens is 442 g/mol. The molecule has 0 atom stereocenters. The molecule has 0 unspecified atom stereocenters. The van der Waals surface area contributed by atoms with Crippen LogP contribution in [0, 0.1) is 6.92 Å². The molecule has 0 amide bonds. The zero-order chi connectivity index (χ0) is 22.3. The third kappa shape index (κ3) is 10.2. The Morgan fingerprint density at radius 1 is 0.750 bits per heavy atom. The van der Waals surface area contributed by atoms with E-state index in [2.05, 4.69) is 40.0 Å². The molecule has 3 heterocycles. The molecule has 3 rings (SSSR count). The van der Waals surface area contributed by atoms with Gasteiger partial charge in [0.15, 0.2) is 0 Å². The summed E-state index contributed by atoms with van der Waals surface area (Å²) in [5.74, 6) is 4.24. The molecule has 8 heteroatoms. The zero-order valence-electron chi connectivity index (χ0n) is 19.0. The summed E-state index contributed by atoms with van der Waals surface area (Å²) in [6, 6.07) is 8.40. The highest BCUT2D eigenvalue weighted by atomic mass is 32.2. The van der Waals surface area contributed by atoms with E-state index in [-0.39, 0.29) is 0 Å². The molecule has 0 radical (unpaired) electrons. The molecule has 6 nitrogen and oxygen atoms in total. The van der Waals surface area contributed by atoms with Crippen molar-refractivity contribution < 1.29 is 14.2 Å². The number of pyridine rings is 2. The Kier molecular flexibility index (Phi) is 12.4. The summed E-state index contributed by atoms with van der Waals surface area (Å²) in [4.78, 5) is 11.6. The Hall–Kier alpha value is -1.16. The van der Waals surface area contributed by atoms with Gasteiger partial charge in [0.2, 0.25) is 0 Å². The lowest BCUT2D eigenvalue weighted by Gasteiger charge is -2.22. The zero-order valence-corrected chi connectivity index (χ0v) is 20.7. The molecule has 1 fully saturated rings. The topological polar surface area (TPSA) is 56.7 Å². The summed E-state index contributed by atoms with van der Waals surface area (Å²) in [6.07, 6.45) is 3.75. The van der Waals surface area contributed by atoms with Crippen molar-refractivity contribution in [3.8, 4) is 11.4 Å². The molecule has 1 saturated heterocycles. The van der Waals surface area contributed by atoms with Crippen LogP contribution in [0.2, 0.25) is 0 Å². The second-order valence-corrected chi connectivity index (χ2v) is 10.1. The second kappa shape index (κ2) is 15.6. The van der Waals surface area contributed by atoms with Crippen LogP contribution in [0.15, 0.2) is 36.7 Å². The average molecular weight is 478 g/mol. The number of nitrogens with zero attached hydrogens (tertiary/aromatic N) is 3. The third-order valence-electron chi connectivity index (χ3n) is 5.00. The summed E-state index contributed by atoms with van der Waals surface area (Å²) >= 11 is 3.91. The maximum atomic E-state index is 5.65. The van der Waals surface area contributed by atoms with Gasteiger partial charge < -0.3 is 14.2 Å². The van der Waals surface area contributed by atoms with Crippen molar-refractivity contribution in [2.75, 3.05) is 75.7 Å². The highest BCUT2D eigenvalue weighted by molar-refractivity contribution is 7.99. The van der Waals surface area contributed by atoms with Crippen LogP contribution < -0.4 is 0 Å². The lowest BCUT2D eigenvalue weighted by molar-refractivity contribution is 0.0205. The van der Waals surface area contributed by atoms with E-state index in [4.69, 9.17) is 14.2 Å². The summed E-state index contributed by atoms with van der Waals surface area (Å²) < 4.78 is 16.8. The normalized spacial score (nSPS) is 19.2. The van der Waals surface area contributed by atoms with Gasteiger partial charge in [-0.1, -0.05) is 0 Å². The van der Waals surface area contributed by atoms with E-state index in [1.165, 1.54) is 11.1 Å². The van der Waals surface area contributed by atoms with Gasteiger partial charge in [-0.3, -0.25) is 14.9 Å². The molecule has 176 valence electrons. The Labute approximate surface area is 200 Å². The van der Waals surface area contributed by atoms with Crippen LogP contribution >= 0.6 is 23.5 Å². The van der Waals surface area contributed by atoms with Crippen LogP contribution in [-0.4, -0.2) is 90.6 Å². The molecular formula is C24H35N3O3S2. The first-order valence-corrected chi connectivity index (χ1v) is 13.6. The van der Waals surface area contributed by atoms with Crippen molar-refractivity contribution in [2.24, 2.45) is 0 Å². The number of hydrogen-bond donors (Lipinski definition) is 0. The van der Waals surface area contributed by atoms with E-state index in [0.29, 0.717) is 26.4 Å². The predicted octanol–water partition coefficient (Wildman–Crippen LogP) is 3.78. The predicted molar refractivity (Wildman–Crippen MR) is 135 cm³/mol. The average Bonchev–Trinajstić information content (AvgIpc) is 2.80. The lowest BCUT2D eigenvalue weighted by Crippen LogP contribution is -2.28. The van der Waals surface area contributed by atoms with Crippen LogP contribution in [0.4, 0.5) is 0 Å². The Bertz CT molecular complexity index is 764. The minimum absolute atomic E-state index is 0.641. The SMILES string of the molecule is Cc1ccnc(-c2cc(CN3CCSCCOCCOCCOCCSCC3)ccn2)c1. The molecule has 0 aliphatic carbocycles. The molecule has 1 aliphatic heterocycles. The molecule has 0 spiro atoms. The molecule has 0 bridgehead atoms. The number of thioether (sulfide) groups is 2. The first-order chi connectivity index (χ1) is 15.8. The van der Waals surface area contributed by atoms with Gasteiger partial charge >= 0.3 is 0 Å². The fraction of sp³-hybridized carbons (Fsp3) is 0.583.